The van der Waals surface area contributed by atoms with Crippen LogP contribution < -0.4 is 16.4 Å². The van der Waals surface area contributed by atoms with Gasteiger partial charge in [-0.1, -0.05) is 36.8 Å². The molecular formula is C17H27IN4O. The first-order chi connectivity index (χ1) is 10.8. The molecule has 0 radical (unpaired) electrons. The fraction of sp³-hybridized carbons (Fsp3) is 0.529. The molecule has 5 nitrogen and oxygen atoms in total. The molecule has 0 saturated heterocycles. The Bertz CT molecular complexity index is 489. The van der Waals surface area contributed by atoms with E-state index in [0.717, 1.165) is 32.2 Å². The summed E-state index contributed by atoms with van der Waals surface area (Å²) in [6, 6.07) is 10.3. The predicted octanol–water partition coefficient (Wildman–Crippen LogP) is 2.06. The third kappa shape index (κ3) is 7.67. The minimum absolute atomic E-state index is 0. The molecular weight excluding hydrogens is 403 g/mol. The molecule has 0 aliphatic heterocycles. The number of hydrogen-bond acceptors (Lipinski definition) is 2. The predicted molar refractivity (Wildman–Crippen MR) is 105 cm³/mol. The van der Waals surface area contributed by atoms with Crippen LogP contribution in [0.3, 0.4) is 0 Å². The van der Waals surface area contributed by atoms with Crippen LogP contribution in [0.4, 0.5) is 0 Å². The second-order valence-electron chi connectivity index (χ2n) is 5.70. The van der Waals surface area contributed by atoms with Crippen molar-refractivity contribution in [2.45, 2.75) is 32.1 Å². The molecule has 1 fully saturated rings. The van der Waals surface area contributed by atoms with Crippen LogP contribution in [0.1, 0.15) is 31.2 Å². The molecule has 0 aromatic heterocycles. The molecule has 1 amide bonds. The van der Waals surface area contributed by atoms with Crippen molar-refractivity contribution in [3.05, 3.63) is 35.9 Å². The van der Waals surface area contributed by atoms with E-state index in [0.29, 0.717) is 19.0 Å². The van der Waals surface area contributed by atoms with E-state index in [1.54, 1.807) is 0 Å². The summed E-state index contributed by atoms with van der Waals surface area (Å²) in [5.74, 6) is 0.929. The molecule has 1 aromatic carbocycles. The smallest absolute Gasteiger partial charge is 0.223 e. The quantitative estimate of drug-likeness (QED) is 0.256. The van der Waals surface area contributed by atoms with E-state index in [-0.39, 0.29) is 35.8 Å². The molecule has 0 bridgehead atoms. The van der Waals surface area contributed by atoms with Gasteiger partial charge in [0.2, 0.25) is 5.91 Å². The Hall–Kier alpha value is -1.31. The van der Waals surface area contributed by atoms with Crippen LogP contribution in [0, 0.1) is 5.92 Å². The van der Waals surface area contributed by atoms with Gasteiger partial charge < -0.3 is 16.4 Å². The van der Waals surface area contributed by atoms with Gasteiger partial charge in [0.15, 0.2) is 5.96 Å². The lowest BCUT2D eigenvalue weighted by Crippen LogP contribution is -2.35. The first-order valence-electron chi connectivity index (χ1n) is 8.11. The number of carbonyl (C=O) groups excluding carboxylic acids is 1. The molecule has 4 N–H and O–H groups in total. The number of nitrogens with two attached hydrogens (primary N) is 1. The molecule has 1 aromatic rings. The Labute approximate surface area is 155 Å². The Kier molecular flexibility index (Phi) is 9.66. The van der Waals surface area contributed by atoms with Gasteiger partial charge in [-0.2, -0.15) is 0 Å². The number of guanidine groups is 1. The van der Waals surface area contributed by atoms with E-state index in [4.69, 9.17) is 5.73 Å². The zero-order valence-corrected chi connectivity index (χ0v) is 15.8. The largest absolute Gasteiger partial charge is 0.370 e. The number of nitrogens with one attached hydrogen (secondary N) is 2. The summed E-state index contributed by atoms with van der Waals surface area (Å²) < 4.78 is 0. The number of nitrogens with zero attached hydrogens (tertiary/aromatic N) is 1. The van der Waals surface area contributed by atoms with Crippen molar-refractivity contribution in [3.63, 3.8) is 0 Å². The summed E-state index contributed by atoms with van der Waals surface area (Å²) in [5, 5.41) is 6.06. The van der Waals surface area contributed by atoms with Crippen molar-refractivity contribution in [3.8, 4) is 0 Å². The van der Waals surface area contributed by atoms with Gasteiger partial charge in [0.25, 0.3) is 0 Å². The maximum atomic E-state index is 11.6. The van der Waals surface area contributed by atoms with Gasteiger partial charge in [-0.25, -0.2) is 0 Å². The van der Waals surface area contributed by atoms with Gasteiger partial charge in [-0.05, 0) is 31.2 Å². The van der Waals surface area contributed by atoms with E-state index >= 15 is 0 Å². The summed E-state index contributed by atoms with van der Waals surface area (Å²) in [7, 11) is 0. The van der Waals surface area contributed by atoms with Gasteiger partial charge in [0.05, 0.1) is 0 Å². The van der Waals surface area contributed by atoms with Crippen molar-refractivity contribution in [2.24, 2.45) is 16.6 Å². The molecule has 128 valence electrons. The maximum Gasteiger partial charge on any atom is 0.223 e. The lowest BCUT2D eigenvalue weighted by Gasteiger charge is -2.23. The fourth-order valence-corrected chi connectivity index (χ4v) is 2.34. The highest BCUT2D eigenvalue weighted by atomic mass is 127. The number of hydrogen-bond donors (Lipinski definition) is 3. The maximum absolute atomic E-state index is 11.6. The number of rotatable bonds is 8. The number of aliphatic imine (C=N–C) groups is 1. The first-order valence-corrected chi connectivity index (χ1v) is 8.11. The summed E-state index contributed by atoms with van der Waals surface area (Å²) in [6.45, 7) is 2.09. The average Bonchev–Trinajstić information content (AvgIpc) is 2.46. The summed E-state index contributed by atoms with van der Waals surface area (Å²) in [5.41, 5.74) is 7.09. The molecule has 0 spiro atoms. The Balaban J connectivity index is 0.00000264. The average molecular weight is 430 g/mol. The van der Waals surface area contributed by atoms with Gasteiger partial charge in [0.1, 0.15) is 0 Å². The van der Waals surface area contributed by atoms with Crippen molar-refractivity contribution in [1.82, 2.24) is 10.6 Å². The Morgan fingerprint density at radius 1 is 1.17 bits per heavy atom. The highest BCUT2D eigenvalue weighted by molar-refractivity contribution is 14.0. The van der Waals surface area contributed by atoms with Crippen LogP contribution >= 0.6 is 24.0 Å². The topological polar surface area (TPSA) is 79.5 Å². The monoisotopic (exact) mass is 430 g/mol. The van der Waals surface area contributed by atoms with Gasteiger partial charge in [-0.15, -0.1) is 24.0 Å². The molecule has 0 atom stereocenters. The van der Waals surface area contributed by atoms with E-state index in [9.17, 15) is 4.79 Å². The van der Waals surface area contributed by atoms with Crippen molar-refractivity contribution in [2.75, 3.05) is 19.6 Å². The second kappa shape index (κ2) is 11.3. The molecule has 1 aliphatic carbocycles. The van der Waals surface area contributed by atoms with Gasteiger partial charge in [0, 0.05) is 25.6 Å². The second-order valence-corrected chi connectivity index (χ2v) is 5.70. The lowest BCUT2D eigenvalue weighted by molar-refractivity contribution is -0.127. The normalized spacial score (nSPS) is 14.5. The molecule has 6 heteroatoms. The highest BCUT2D eigenvalue weighted by Crippen LogP contribution is 2.25. The third-order valence-electron chi connectivity index (χ3n) is 3.95. The highest BCUT2D eigenvalue weighted by Gasteiger charge is 2.24. The molecule has 0 heterocycles. The van der Waals surface area contributed by atoms with Crippen LogP contribution in [-0.4, -0.2) is 31.5 Å². The first kappa shape index (κ1) is 19.7. The van der Waals surface area contributed by atoms with Crippen molar-refractivity contribution in [1.29, 1.82) is 0 Å². The molecule has 2 rings (SSSR count). The minimum atomic E-state index is 0. The zero-order valence-electron chi connectivity index (χ0n) is 13.5. The minimum Gasteiger partial charge on any atom is -0.370 e. The number of amides is 1. The SMILES string of the molecule is I.NC(=NCCCNC(=O)C1CCC1)NCCc1ccccc1. The van der Waals surface area contributed by atoms with E-state index in [1.165, 1.54) is 12.0 Å². The number of halogens is 1. The Morgan fingerprint density at radius 3 is 2.57 bits per heavy atom. The molecule has 1 saturated carbocycles. The van der Waals surface area contributed by atoms with E-state index in [1.807, 2.05) is 18.2 Å². The van der Waals surface area contributed by atoms with Crippen LogP contribution in [0.2, 0.25) is 0 Å². The Morgan fingerprint density at radius 2 is 1.91 bits per heavy atom. The molecule has 1 aliphatic rings. The van der Waals surface area contributed by atoms with E-state index < -0.39 is 0 Å². The van der Waals surface area contributed by atoms with Crippen molar-refractivity contribution >= 4 is 35.8 Å². The lowest BCUT2D eigenvalue weighted by atomic mass is 9.85. The van der Waals surface area contributed by atoms with E-state index in [2.05, 4.69) is 27.8 Å². The number of benzene rings is 1. The van der Waals surface area contributed by atoms with Crippen LogP contribution in [0.5, 0.6) is 0 Å². The summed E-state index contributed by atoms with van der Waals surface area (Å²) in [6.07, 6.45) is 5.02. The van der Waals surface area contributed by atoms with Gasteiger partial charge in [-0.3, -0.25) is 9.79 Å². The zero-order chi connectivity index (χ0) is 15.6. The molecule has 23 heavy (non-hydrogen) atoms. The summed E-state index contributed by atoms with van der Waals surface area (Å²) in [4.78, 5) is 15.9. The number of carbonyl (C=O) groups is 1. The fourth-order valence-electron chi connectivity index (χ4n) is 2.34. The third-order valence-corrected chi connectivity index (χ3v) is 3.95. The van der Waals surface area contributed by atoms with Gasteiger partial charge >= 0.3 is 0 Å². The van der Waals surface area contributed by atoms with Crippen LogP contribution in [0.15, 0.2) is 35.3 Å². The summed E-state index contributed by atoms with van der Waals surface area (Å²) >= 11 is 0. The molecule has 0 unspecified atom stereocenters. The van der Waals surface area contributed by atoms with Crippen LogP contribution in [-0.2, 0) is 11.2 Å². The van der Waals surface area contributed by atoms with Crippen LogP contribution in [0.25, 0.3) is 0 Å². The van der Waals surface area contributed by atoms with Crippen molar-refractivity contribution < 1.29 is 4.79 Å². The standard InChI is InChI=1S/C17H26N4O.HI/c18-17(21-13-10-14-6-2-1-3-7-14)20-12-5-11-19-16(22)15-8-4-9-15;/h1-3,6-7,15H,4-5,8-13H2,(H,19,22)(H3,18,20,21);1H.